The maximum atomic E-state index is 6.01. The molecule has 0 amide bonds. The molecule has 0 saturated carbocycles. The highest BCUT2D eigenvalue weighted by Crippen LogP contribution is 2.31. The molecule has 204 valence electrons. The van der Waals surface area contributed by atoms with Crippen LogP contribution >= 0.6 is 0 Å². The predicted octanol–water partition coefficient (Wildman–Crippen LogP) is 8.62. The average molecular weight is 530 g/mol. The average Bonchev–Trinajstić information content (AvgIpc) is 3.38. The number of imidazole rings is 1. The maximum Gasteiger partial charge on any atom is 0.140 e. The van der Waals surface area contributed by atoms with Crippen LogP contribution in [-0.4, -0.2) is 21.0 Å². The molecule has 0 aliphatic rings. The largest absolute Gasteiger partial charge is 0.489 e. The molecule has 1 aromatic heterocycles. The Bertz CT molecular complexity index is 1450. The predicted molar refractivity (Wildman–Crippen MR) is 165 cm³/mol. The van der Waals surface area contributed by atoms with Gasteiger partial charge in [0.05, 0.1) is 11.4 Å². The van der Waals surface area contributed by atoms with Gasteiger partial charge in [-0.15, -0.1) is 0 Å². The quantitative estimate of drug-likeness (QED) is 0.153. The molecule has 0 aliphatic heterocycles. The highest BCUT2D eigenvalue weighted by molar-refractivity contribution is 5.68. The van der Waals surface area contributed by atoms with Crippen molar-refractivity contribution in [1.29, 1.82) is 0 Å². The fraction of sp³-hybridized carbons (Fsp3) is 0.250. The first kappa shape index (κ1) is 27.4. The molecule has 0 atom stereocenters. The van der Waals surface area contributed by atoms with Crippen molar-refractivity contribution in [3.05, 3.63) is 132 Å². The van der Waals surface area contributed by atoms with Gasteiger partial charge in [-0.1, -0.05) is 123 Å². The summed E-state index contributed by atoms with van der Waals surface area (Å²) in [6.07, 6.45) is 2.26. The summed E-state index contributed by atoms with van der Waals surface area (Å²) in [5, 5.41) is 0. The first-order chi connectivity index (χ1) is 19.7. The lowest BCUT2D eigenvalue weighted by Crippen LogP contribution is -2.24. The van der Waals surface area contributed by atoms with E-state index in [4.69, 9.17) is 9.72 Å². The highest BCUT2D eigenvalue weighted by Gasteiger charge is 2.21. The number of benzene rings is 4. The molecule has 5 aromatic rings. The number of hydrogen-bond donors (Lipinski definition) is 0. The van der Waals surface area contributed by atoms with Crippen LogP contribution in [0.2, 0.25) is 0 Å². The van der Waals surface area contributed by atoms with Gasteiger partial charge in [0.1, 0.15) is 18.2 Å². The van der Waals surface area contributed by atoms with Gasteiger partial charge in [-0.25, -0.2) is 4.98 Å². The summed E-state index contributed by atoms with van der Waals surface area (Å²) in [4.78, 5) is 7.78. The molecule has 40 heavy (non-hydrogen) atoms. The van der Waals surface area contributed by atoms with Gasteiger partial charge in [0, 0.05) is 30.8 Å². The third-order valence-corrected chi connectivity index (χ3v) is 7.29. The molecule has 4 heteroatoms. The lowest BCUT2D eigenvalue weighted by Gasteiger charge is -2.23. The van der Waals surface area contributed by atoms with Crippen molar-refractivity contribution in [2.75, 3.05) is 6.54 Å². The van der Waals surface area contributed by atoms with Crippen molar-refractivity contribution < 1.29 is 4.74 Å². The lowest BCUT2D eigenvalue weighted by molar-refractivity contribution is 0.264. The number of ether oxygens (including phenoxy) is 1. The Balaban J connectivity index is 1.40. The molecule has 0 fully saturated rings. The van der Waals surface area contributed by atoms with Crippen LogP contribution < -0.4 is 4.74 Å². The van der Waals surface area contributed by atoms with Crippen molar-refractivity contribution in [3.63, 3.8) is 0 Å². The zero-order valence-corrected chi connectivity index (χ0v) is 23.7. The number of unbranched alkanes of at least 4 members (excludes halogenated alkanes) is 1. The summed E-state index contributed by atoms with van der Waals surface area (Å²) < 4.78 is 8.47. The first-order valence-electron chi connectivity index (χ1n) is 14.4. The van der Waals surface area contributed by atoms with Gasteiger partial charge < -0.3 is 9.30 Å². The van der Waals surface area contributed by atoms with E-state index in [1.165, 1.54) is 22.4 Å². The molecule has 0 N–H and O–H groups in total. The monoisotopic (exact) mass is 529 g/mol. The van der Waals surface area contributed by atoms with Gasteiger partial charge in [0.15, 0.2) is 0 Å². The summed E-state index contributed by atoms with van der Waals surface area (Å²) in [6.45, 7) is 8.67. The zero-order chi connectivity index (χ0) is 27.6. The van der Waals surface area contributed by atoms with Gasteiger partial charge >= 0.3 is 0 Å². The van der Waals surface area contributed by atoms with Crippen LogP contribution in [0.5, 0.6) is 5.75 Å². The van der Waals surface area contributed by atoms with E-state index in [9.17, 15) is 0 Å². The van der Waals surface area contributed by atoms with E-state index in [1.807, 2.05) is 18.2 Å². The molecule has 0 radical (unpaired) electrons. The van der Waals surface area contributed by atoms with E-state index in [-0.39, 0.29) is 0 Å². The van der Waals surface area contributed by atoms with Crippen molar-refractivity contribution >= 4 is 0 Å². The Hall–Kier alpha value is -4.15. The first-order valence-corrected chi connectivity index (χ1v) is 14.4. The van der Waals surface area contributed by atoms with Gasteiger partial charge in [-0.2, -0.15) is 0 Å². The summed E-state index contributed by atoms with van der Waals surface area (Å²) in [6, 6.07) is 40.1. The summed E-state index contributed by atoms with van der Waals surface area (Å²) in [5.41, 5.74) is 7.14. The van der Waals surface area contributed by atoms with E-state index in [2.05, 4.69) is 120 Å². The fourth-order valence-electron chi connectivity index (χ4n) is 5.02. The topological polar surface area (TPSA) is 30.3 Å². The fourth-order valence-corrected chi connectivity index (χ4v) is 5.02. The number of nitrogens with zero attached hydrogens (tertiary/aromatic N) is 3. The zero-order valence-electron chi connectivity index (χ0n) is 23.7. The van der Waals surface area contributed by atoms with Gasteiger partial charge in [0.2, 0.25) is 0 Å². The van der Waals surface area contributed by atoms with E-state index >= 15 is 0 Å². The van der Waals surface area contributed by atoms with Crippen LogP contribution in [-0.2, 0) is 26.2 Å². The van der Waals surface area contributed by atoms with Gasteiger partial charge in [-0.3, -0.25) is 4.90 Å². The molecule has 1 heterocycles. The van der Waals surface area contributed by atoms with E-state index in [0.717, 1.165) is 61.9 Å². The lowest BCUT2D eigenvalue weighted by atomic mass is 10.1. The molecule has 0 saturated heterocycles. The highest BCUT2D eigenvalue weighted by atomic mass is 16.5. The summed E-state index contributed by atoms with van der Waals surface area (Å²) >= 11 is 0. The molecule has 0 unspecified atom stereocenters. The third-order valence-electron chi connectivity index (χ3n) is 7.29. The third kappa shape index (κ3) is 6.88. The SMILES string of the molecule is CCCCn1c(-c2ccccc2)nc(-c2ccccc2)c1CN(CC)Cc1ccc(OCc2ccccc2)cc1. The molecule has 0 aliphatic carbocycles. The Morgan fingerprint density at radius 3 is 1.93 bits per heavy atom. The van der Waals surface area contributed by atoms with E-state index in [0.29, 0.717) is 6.61 Å². The molecule has 4 nitrogen and oxygen atoms in total. The van der Waals surface area contributed by atoms with Crippen LogP contribution in [0.1, 0.15) is 43.5 Å². The maximum absolute atomic E-state index is 6.01. The normalized spacial score (nSPS) is 11.2. The van der Waals surface area contributed by atoms with Crippen LogP contribution in [0.4, 0.5) is 0 Å². The Morgan fingerprint density at radius 1 is 0.675 bits per heavy atom. The summed E-state index contributed by atoms with van der Waals surface area (Å²) in [7, 11) is 0. The number of rotatable bonds is 13. The van der Waals surface area contributed by atoms with Gasteiger partial charge in [-0.05, 0) is 36.2 Å². The molecular formula is C36H39N3O. The Labute approximate surface area is 238 Å². The minimum absolute atomic E-state index is 0.578. The van der Waals surface area contributed by atoms with Crippen LogP contribution in [0.15, 0.2) is 115 Å². The molecular weight excluding hydrogens is 490 g/mol. The second-order valence-electron chi connectivity index (χ2n) is 10.2. The Kier molecular flexibility index (Phi) is 9.44. The van der Waals surface area contributed by atoms with Crippen molar-refractivity contribution in [2.24, 2.45) is 0 Å². The molecule has 5 rings (SSSR count). The number of hydrogen-bond acceptors (Lipinski definition) is 3. The van der Waals surface area contributed by atoms with Crippen LogP contribution in [0.25, 0.3) is 22.6 Å². The van der Waals surface area contributed by atoms with Crippen molar-refractivity contribution in [2.45, 2.75) is 52.9 Å². The van der Waals surface area contributed by atoms with Crippen molar-refractivity contribution in [1.82, 2.24) is 14.5 Å². The van der Waals surface area contributed by atoms with Crippen molar-refractivity contribution in [3.8, 4) is 28.4 Å². The molecule has 0 spiro atoms. The Morgan fingerprint density at radius 2 is 1.30 bits per heavy atom. The minimum atomic E-state index is 0.578. The second kappa shape index (κ2) is 13.8. The molecule has 4 aromatic carbocycles. The summed E-state index contributed by atoms with van der Waals surface area (Å²) in [5.74, 6) is 1.95. The smallest absolute Gasteiger partial charge is 0.140 e. The van der Waals surface area contributed by atoms with E-state index < -0.39 is 0 Å². The van der Waals surface area contributed by atoms with E-state index in [1.54, 1.807) is 0 Å². The number of aromatic nitrogens is 2. The minimum Gasteiger partial charge on any atom is -0.489 e. The molecule has 0 bridgehead atoms. The standard InChI is InChI=1S/C36H39N3O/c1-3-5-25-39-34(35(31-17-11-7-12-18-31)37-36(39)32-19-13-8-14-20-32)27-38(4-2)26-29-21-23-33(24-22-29)40-28-30-15-9-6-10-16-30/h6-24H,3-5,25-28H2,1-2H3. The second-order valence-corrected chi connectivity index (χ2v) is 10.2. The van der Waals surface area contributed by atoms with Crippen LogP contribution in [0, 0.1) is 0 Å². The van der Waals surface area contributed by atoms with Gasteiger partial charge in [0.25, 0.3) is 0 Å². The van der Waals surface area contributed by atoms with Crippen LogP contribution in [0.3, 0.4) is 0 Å².